The van der Waals surface area contributed by atoms with Gasteiger partial charge >= 0.3 is 5.97 Å². The second kappa shape index (κ2) is 5.36. The molecule has 0 aliphatic carbocycles. The Kier molecular flexibility index (Phi) is 3.62. The van der Waals surface area contributed by atoms with Gasteiger partial charge in [-0.3, -0.25) is 4.79 Å². The molecule has 0 aliphatic heterocycles. The zero-order valence-electron chi connectivity index (χ0n) is 10.00. The third-order valence-electron chi connectivity index (χ3n) is 2.49. The lowest BCUT2D eigenvalue weighted by Crippen LogP contribution is -2.32. The van der Waals surface area contributed by atoms with Crippen molar-refractivity contribution < 1.29 is 9.90 Å². The number of aliphatic carboxylic acids is 1. The van der Waals surface area contributed by atoms with E-state index in [0.29, 0.717) is 5.95 Å². The molecule has 0 spiro atoms. The van der Waals surface area contributed by atoms with E-state index in [1.165, 1.54) is 0 Å². The Hall–Kier alpha value is -2.61. The first-order valence-corrected chi connectivity index (χ1v) is 5.57. The van der Waals surface area contributed by atoms with Crippen LogP contribution in [0.1, 0.15) is 5.56 Å². The Balaban J connectivity index is 2.00. The number of carbonyl (C=O) groups is 1. The number of hydrogen-bond donors (Lipinski definition) is 5. The zero-order chi connectivity index (χ0) is 13.8. The summed E-state index contributed by atoms with van der Waals surface area (Å²) in [5, 5.41) is 18.0. The summed E-state index contributed by atoms with van der Waals surface area (Å²) >= 11 is 0. The van der Waals surface area contributed by atoms with Crippen molar-refractivity contribution in [3.63, 3.8) is 0 Å². The molecule has 100 valence electrons. The molecule has 2 rings (SSSR count). The van der Waals surface area contributed by atoms with Crippen LogP contribution in [0.2, 0.25) is 0 Å². The minimum atomic E-state index is -1.02. The lowest BCUT2D eigenvalue weighted by molar-refractivity contribution is -0.138. The molecule has 0 aliphatic rings. The molecule has 0 fully saturated rings. The molecule has 8 heteroatoms. The molecule has 7 N–H and O–H groups in total. The van der Waals surface area contributed by atoms with Crippen LogP contribution in [-0.4, -0.2) is 32.3 Å². The predicted molar refractivity (Wildman–Crippen MR) is 69.8 cm³/mol. The van der Waals surface area contributed by atoms with Crippen molar-refractivity contribution in [1.29, 1.82) is 0 Å². The summed E-state index contributed by atoms with van der Waals surface area (Å²) in [4.78, 5) is 14.5. The summed E-state index contributed by atoms with van der Waals surface area (Å²) in [6.45, 7) is 0. The van der Waals surface area contributed by atoms with E-state index in [1.54, 1.807) is 24.3 Å². The van der Waals surface area contributed by atoms with Crippen LogP contribution in [0.4, 0.5) is 17.6 Å². The number of aromatic amines is 1. The predicted octanol–water partition coefficient (Wildman–Crippen LogP) is 0.0849. The lowest BCUT2D eigenvalue weighted by atomic mass is 10.1. The Bertz CT molecular complexity index is 565. The number of anilines is 3. The molecule has 1 aromatic carbocycles. The molecule has 0 amide bonds. The monoisotopic (exact) mass is 262 g/mol. The number of nitrogens with one attached hydrogen (secondary N) is 2. The fraction of sp³-hybridized carbons (Fsp3) is 0.182. The van der Waals surface area contributed by atoms with Gasteiger partial charge in [-0.05, 0) is 24.1 Å². The number of nitrogen functional groups attached to an aromatic ring is 1. The van der Waals surface area contributed by atoms with Gasteiger partial charge in [-0.25, -0.2) is 5.10 Å². The number of nitrogens with zero attached hydrogens (tertiary/aromatic N) is 2. The third-order valence-corrected chi connectivity index (χ3v) is 2.49. The Morgan fingerprint density at radius 1 is 1.42 bits per heavy atom. The average molecular weight is 262 g/mol. The van der Waals surface area contributed by atoms with Crippen LogP contribution in [0.3, 0.4) is 0 Å². The minimum absolute atomic E-state index is 0.228. The molecule has 1 heterocycles. The standard InChI is InChI=1S/C11H14N6O2/c12-8(9(18)19)5-6-1-3-7(4-2-6)14-11-15-10(13)16-17-11/h1-4,8H,5,12H2,(H,18,19)(H4,13,14,15,16,17)/t8-/m0/s1. The molecule has 0 radical (unpaired) electrons. The van der Waals surface area contributed by atoms with Gasteiger partial charge in [-0.1, -0.05) is 12.1 Å². The highest BCUT2D eigenvalue weighted by Gasteiger charge is 2.11. The maximum Gasteiger partial charge on any atom is 0.320 e. The molecule has 0 saturated heterocycles. The molecular weight excluding hydrogens is 248 g/mol. The van der Waals surface area contributed by atoms with E-state index in [2.05, 4.69) is 20.5 Å². The first-order valence-electron chi connectivity index (χ1n) is 5.57. The van der Waals surface area contributed by atoms with Crippen LogP contribution in [0.5, 0.6) is 0 Å². The highest BCUT2D eigenvalue weighted by atomic mass is 16.4. The Morgan fingerprint density at radius 2 is 2.11 bits per heavy atom. The molecule has 1 aromatic heterocycles. The normalized spacial score (nSPS) is 12.1. The van der Waals surface area contributed by atoms with Crippen LogP contribution in [-0.2, 0) is 11.2 Å². The first-order chi connectivity index (χ1) is 9.04. The molecule has 0 unspecified atom stereocenters. The molecule has 0 bridgehead atoms. The number of aromatic nitrogens is 3. The van der Waals surface area contributed by atoms with E-state index in [0.717, 1.165) is 11.3 Å². The van der Waals surface area contributed by atoms with Crippen LogP contribution < -0.4 is 16.8 Å². The number of nitrogens with two attached hydrogens (primary N) is 2. The van der Waals surface area contributed by atoms with Gasteiger partial charge in [-0.15, -0.1) is 5.10 Å². The van der Waals surface area contributed by atoms with Crippen molar-refractivity contribution in [2.75, 3.05) is 11.1 Å². The largest absolute Gasteiger partial charge is 0.480 e. The molecule has 2 aromatic rings. The van der Waals surface area contributed by atoms with E-state index in [9.17, 15) is 4.79 Å². The maximum atomic E-state index is 10.6. The quantitative estimate of drug-likeness (QED) is 0.513. The fourth-order valence-electron chi connectivity index (χ4n) is 1.52. The third kappa shape index (κ3) is 3.42. The first kappa shape index (κ1) is 12.8. The number of hydrogen-bond acceptors (Lipinski definition) is 6. The summed E-state index contributed by atoms with van der Waals surface area (Å²) in [5.74, 6) is -0.419. The number of carboxylic acids is 1. The molecule has 19 heavy (non-hydrogen) atoms. The van der Waals surface area contributed by atoms with Crippen LogP contribution >= 0.6 is 0 Å². The van der Waals surface area contributed by atoms with Crippen molar-refractivity contribution in [2.24, 2.45) is 5.73 Å². The summed E-state index contributed by atoms with van der Waals surface area (Å²) in [7, 11) is 0. The fourth-order valence-corrected chi connectivity index (χ4v) is 1.52. The van der Waals surface area contributed by atoms with Gasteiger partial charge in [0.1, 0.15) is 6.04 Å². The highest BCUT2D eigenvalue weighted by molar-refractivity contribution is 5.73. The van der Waals surface area contributed by atoms with Crippen LogP contribution in [0.15, 0.2) is 24.3 Å². The van der Waals surface area contributed by atoms with Crippen molar-refractivity contribution in [2.45, 2.75) is 12.5 Å². The molecular formula is C11H14N6O2. The summed E-state index contributed by atoms with van der Waals surface area (Å²) in [6.07, 6.45) is 0.281. The van der Waals surface area contributed by atoms with Gasteiger partial charge in [0.2, 0.25) is 11.9 Å². The van der Waals surface area contributed by atoms with Crippen molar-refractivity contribution >= 4 is 23.6 Å². The average Bonchev–Trinajstić information content (AvgIpc) is 2.77. The molecule has 1 atom stereocenters. The number of carboxylic acid groups (broad SMARTS) is 1. The van der Waals surface area contributed by atoms with Crippen molar-refractivity contribution in [3.8, 4) is 0 Å². The van der Waals surface area contributed by atoms with Crippen LogP contribution in [0.25, 0.3) is 0 Å². The zero-order valence-corrected chi connectivity index (χ0v) is 10.00. The van der Waals surface area contributed by atoms with Crippen molar-refractivity contribution in [3.05, 3.63) is 29.8 Å². The number of benzene rings is 1. The van der Waals surface area contributed by atoms with E-state index in [-0.39, 0.29) is 12.4 Å². The van der Waals surface area contributed by atoms with Gasteiger partial charge in [0.05, 0.1) is 0 Å². The van der Waals surface area contributed by atoms with E-state index < -0.39 is 12.0 Å². The van der Waals surface area contributed by atoms with E-state index in [4.69, 9.17) is 16.6 Å². The lowest BCUT2D eigenvalue weighted by Gasteiger charge is -2.07. The Labute approximate surface area is 108 Å². The summed E-state index contributed by atoms with van der Waals surface area (Å²) < 4.78 is 0. The second-order valence-electron chi connectivity index (χ2n) is 4.02. The molecule has 8 nitrogen and oxygen atoms in total. The van der Waals surface area contributed by atoms with E-state index in [1.807, 2.05) is 0 Å². The maximum absolute atomic E-state index is 10.6. The van der Waals surface area contributed by atoms with E-state index >= 15 is 0 Å². The number of H-pyrrole nitrogens is 1. The SMILES string of the molecule is Nc1nc(Nc2ccc(C[C@H](N)C(=O)O)cc2)n[nH]1. The van der Waals surface area contributed by atoms with Crippen molar-refractivity contribution in [1.82, 2.24) is 15.2 Å². The topological polar surface area (TPSA) is 143 Å². The number of rotatable bonds is 5. The van der Waals surface area contributed by atoms with Gasteiger partial charge in [0, 0.05) is 5.69 Å². The minimum Gasteiger partial charge on any atom is -0.480 e. The van der Waals surface area contributed by atoms with Gasteiger partial charge in [-0.2, -0.15) is 4.98 Å². The van der Waals surface area contributed by atoms with Gasteiger partial charge in [0.15, 0.2) is 0 Å². The van der Waals surface area contributed by atoms with Gasteiger partial charge in [0.25, 0.3) is 0 Å². The summed E-state index contributed by atoms with van der Waals surface area (Å²) in [6, 6.07) is 6.27. The summed E-state index contributed by atoms with van der Waals surface area (Å²) in [5.41, 5.74) is 12.5. The second-order valence-corrected chi connectivity index (χ2v) is 4.02. The van der Waals surface area contributed by atoms with Crippen LogP contribution in [0, 0.1) is 0 Å². The van der Waals surface area contributed by atoms with Gasteiger partial charge < -0.3 is 21.9 Å². The highest BCUT2D eigenvalue weighted by Crippen LogP contribution is 2.14. The molecule has 0 saturated carbocycles. The smallest absolute Gasteiger partial charge is 0.320 e. The Morgan fingerprint density at radius 3 is 2.63 bits per heavy atom.